The number of hydrogen-bond donors (Lipinski definition) is 1. The molecule has 0 rings (SSSR count). The van der Waals surface area contributed by atoms with E-state index in [4.69, 9.17) is 5.73 Å². The number of hydrogen-bond acceptors (Lipinski definition) is 2. The van der Waals surface area contributed by atoms with E-state index < -0.39 is 0 Å². The summed E-state index contributed by atoms with van der Waals surface area (Å²) in [5.74, 6) is 0. The van der Waals surface area contributed by atoms with Gasteiger partial charge < -0.3 is 0 Å². The molecule has 0 heterocycles. The van der Waals surface area contributed by atoms with Crippen LogP contribution in [-0.4, -0.2) is 26.7 Å². The summed E-state index contributed by atoms with van der Waals surface area (Å²) in [6.07, 6.45) is 0. The average Bonchev–Trinajstić information content (AvgIpc) is 1.36. The van der Waals surface area contributed by atoms with Gasteiger partial charge in [-0.05, 0) is 0 Å². The predicted octanol–water partition coefficient (Wildman–Crippen LogP) is -0.971. The van der Waals surface area contributed by atoms with Gasteiger partial charge in [-0.2, -0.15) is 0 Å². The molecule has 3 heteroatoms. The van der Waals surface area contributed by atoms with Gasteiger partial charge in [-0.25, -0.2) is 0 Å². The van der Waals surface area contributed by atoms with E-state index in [9.17, 15) is 4.79 Å². The molecule has 2 nitrogen and oxygen atoms in total. The molecule has 1 radical (unpaired) electrons. The van der Waals surface area contributed by atoms with Crippen LogP contribution in [0.2, 0.25) is 0 Å². The van der Waals surface area contributed by atoms with Crippen LogP contribution in [0.4, 0.5) is 0 Å². The van der Waals surface area contributed by atoms with Gasteiger partial charge in [0.05, 0.1) is 0 Å². The molecule has 0 aromatic carbocycles. The van der Waals surface area contributed by atoms with E-state index in [-0.39, 0.29) is 10.7 Å². The quantitative estimate of drug-likeness (QED) is 0.490. The number of carbonyl (C=O) groups is 1. The summed E-state index contributed by atoms with van der Waals surface area (Å²) in [6.45, 7) is 1.64. The van der Waals surface area contributed by atoms with Gasteiger partial charge in [-0.15, -0.1) is 0 Å². The fraction of sp³-hybridized carbons (Fsp3) is 0.667. The van der Waals surface area contributed by atoms with Crippen molar-refractivity contribution in [1.82, 2.24) is 0 Å². The van der Waals surface area contributed by atoms with Gasteiger partial charge in [0.15, 0.2) is 0 Å². The molecule has 0 bridgehead atoms. The fourth-order valence-electron chi connectivity index (χ4n) is 0. The van der Waals surface area contributed by atoms with Gasteiger partial charge in [-0.3, -0.25) is 0 Å². The first-order valence-electron chi connectivity index (χ1n) is 1.61. The monoisotopic (exact) mass is 152 g/mol. The van der Waals surface area contributed by atoms with E-state index in [1.54, 1.807) is 6.92 Å². The van der Waals surface area contributed by atoms with Crippen molar-refractivity contribution in [2.24, 2.45) is 5.73 Å². The molecule has 2 N–H and O–H groups in total. The van der Waals surface area contributed by atoms with Crippen LogP contribution in [0.3, 0.4) is 0 Å². The summed E-state index contributed by atoms with van der Waals surface area (Å²) < 4.78 is -0.0880. The van der Waals surface area contributed by atoms with Gasteiger partial charge >= 0.3 is 44.2 Å². The molecule has 6 heavy (non-hydrogen) atoms. The van der Waals surface area contributed by atoms with Crippen molar-refractivity contribution in [2.75, 3.05) is 0 Å². The average molecular weight is 151 g/mol. The van der Waals surface area contributed by atoms with Crippen molar-refractivity contribution in [3.8, 4) is 0 Å². The molecule has 0 aromatic rings. The van der Waals surface area contributed by atoms with Crippen LogP contribution in [-0.2, 0) is 4.79 Å². The normalized spacial score (nSPS) is 13.7. The van der Waals surface area contributed by atoms with Crippen LogP contribution in [0.5, 0.6) is 0 Å². The van der Waals surface area contributed by atoms with Crippen LogP contribution in [0, 0.1) is 0 Å². The summed E-state index contributed by atoms with van der Waals surface area (Å²) in [5.41, 5.74) is 5.05. The van der Waals surface area contributed by atoms with Crippen molar-refractivity contribution < 1.29 is 4.79 Å². The molecular weight excluding hydrogens is 145 g/mol. The van der Waals surface area contributed by atoms with Crippen molar-refractivity contribution in [2.45, 2.75) is 13.0 Å². The molecule has 0 aliphatic rings. The number of nitrogens with two attached hydrogens (primary N) is 1. The maximum absolute atomic E-state index is 9.96. The zero-order valence-electron chi connectivity index (χ0n) is 3.47. The van der Waals surface area contributed by atoms with Gasteiger partial charge in [-0.1, -0.05) is 0 Å². The Kier molecular flexibility index (Phi) is 2.40. The Bertz CT molecular complexity index is 61.8. The fourth-order valence-corrected chi connectivity index (χ4v) is 0. The number of rotatable bonds is 1. The van der Waals surface area contributed by atoms with Gasteiger partial charge in [0, 0.05) is 0 Å². The topological polar surface area (TPSA) is 43.1 Å². The predicted molar refractivity (Wildman–Crippen MR) is 24.4 cm³/mol. The molecule has 0 spiro atoms. The summed E-state index contributed by atoms with van der Waals surface area (Å²) in [7, 11) is 0. The summed E-state index contributed by atoms with van der Waals surface area (Å²) >= 11 is 2.28. The van der Waals surface area contributed by atoms with Crippen molar-refractivity contribution in [1.29, 1.82) is 0 Å². The van der Waals surface area contributed by atoms with E-state index in [2.05, 4.69) is 16.0 Å². The zero-order chi connectivity index (χ0) is 5.15. The van der Waals surface area contributed by atoms with Crippen molar-refractivity contribution >= 4 is 20.7 Å². The molecule has 35 valence electrons. The van der Waals surface area contributed by atoms with Crippen LogP contribution < -0.4 is 5.73 Å². The minimum absolute atomic E-state index is 0.0880. The van der Waals surface area contributed by atoms with E-state index >= 15 is 0 Å². The van der Waals surface area contributed by atoms with Crippen LogP contribution >= 0.6 is 0 Å². The summed E-state index contributed by atoms with van der Waals surface area (Å²) in [5, 5.41) is 0. The second-order valence-corrected chi connectivity index (χ2v) is 1.95. The molecule has 0 fully saturated rings. The Morgan fingerprint density at radius 3 is 2.17 bits per heavy atom. The van der Waals surface area contributed by atoms with Crippen molar-refractivity contribution in [3.05, 3.63) is 0 Å². The van der Waals surface area contributed by atoms with Crippen molar-refractivity contribution in [3.63, 3.8) is 0 Å². The third-order valence-corrected chi connectivity index (χ3v) is 1.15. The van der Waals surface area contributed by atoms with Gasteiger partial charge in [0.2, 0.25) is 0 Å². The molecule has 0 saturated heterocycles. The van der Waals surface area contributed by atoms with Crippen LogP contribution in [0.1, 0.15) is 6.92 Å². The summed E-state index contributed by atoms with van der Waals surface area (Å²) in [4.78, 5) is 9.96. The standard InChI is InChI=1S/C3H6NOSe/c1-2(4)3(5)6/h2H,4H2,1H3. The Balaban J connectivity index is 3.26. The molecular formula is C3H6NOSe. The van der Waals surface area contributed by atoms with E-state index in [0.717, 1.165) is 0 Å². The van der Waals surface area contributed by atoms with Crippen LogP contribution in [0.15, 0.2) is 0 Å². The molecule has 1 unspecified atom stereocenters. The van der Waals surface area contributed by atoms with E-state index in [1.165, 1.54) is 0 Å². The molecule has 0 aromatic heterocycles. The summed E-state index contributed by atoms with van der Waals surface area (Å²) in [6, 6.07) is -0.343. The second kappa shape index (κ2) is 2.34. The molecule has 0 amide bonds. The van der Waals surface area contributed by atoms with Crippen LogP contribution in [0.25, 0.3) is 0 Å². The Labute approximate surface area is 44.9 Å². The van der Waals surface area contributed by atoms with E-state index in [1.807, 2.05) is 0 Å². The number of carbonyl (C=O) groups excluding carboxylic acids is 1. The van der Waals surface area contributed by atoms with Gasteiger partial charge in [0.25, 0.3) is 0 Å². The maximum atomic E-state index is 9.96. The second-order valence-electron chi connectivity index (χ2n) is 1.11. The Hall–Kier alpha value is 0.149. The SMILES string of the molecule is CC(N)C(=O)[Se]. The van der Waals surface area contributed by atoms with Gasteiger partial charge in [0.1, 0.15) is 0 Å². The minimum atomic E-state index is -0.343. The third-order valence-electron chi connectivity index (χ3n) is 0.372. The Morgan fingerprint density at radius 2 is 2.17 bits per heavy atom. The molecule has 0 aliphatic heterocycles. The molecule has 1 atom stereocenters. The zero-order valence-corrected chi connectivity index (χ0v) is 5.18. The Morgan fingerprint density at radius 1 is 2.00 bits per heavy atom. The third kappa shape index (κ3) is 2.39. The first-order valence-corrected chi connectivity index (χ1v) is 2.46. The first kappa shape index (κ1) is 6.15. The molecule has 0 saturated carbocycles. The van der Waals surface area contributed by atoms with E-state index in [0.29, 0.717) is 0 Å². The molecule has 0 aliphatic carbocycles. The first-order chi connectivity index (χ1) is 2.64.